The van der Waals surface area contributed by atoms with Gasteiger partial charge in [0.2, 0.25) is 0 Å². The Morgan fingerprint density at radius 2 is 1.08 bits per heavy atom. The summed E-state index contributed by atoms with van der Waals surface area (Å²) in [6.45, 7) is 2.94. The van der Waals surface area contributed by atoms with Gasteiger partial charge in [-0.3, -0.25) is 4.68 Å². The number of hydrogen-bond donors (Lipinski definition) is 0. The van der Waals surface area contributed by atoms with E-state index >= 15 is 0 Å². The summed E-state index contributed by atoms with van der Waals surface area (Å²) in [6, 6.07) is 46.2. The minimum atomic E-state index is -0.689. The van der Waals surface area contributed by atoms with Crippen molar-refractivity contribution in [2.75, 3.05) is 6.61 Å². The van der Waals surface area contributed by atoms with Gasteiger partial charge in [0.15, 0.2) is 0 Å². The fourth-order valence-corrected chi connectivity index (χ4v) is 6.58. The second kappa shape index (κ2) is 17.3. The lowest BCUT2D eigenvalue weighted by atomic mass is 9.77. The van der Waals surface area contributed by atoms with E-state index in [9.17, 15) is 4.79 Å². The summed E-state index contributed by atoms with van der Waals surface area (Å²) in [5.41, 5.74) is 5.04. The maximum absolute atomic E-state index is 12.9. The second-order valence-electron chi connectivity index (χ2n) is 12.7. The zero-order chi connectivity index (χ0) is 34.4. The number of carbonyl (C=O) groups is 1. The summed E-state index contributed by atoms with van der Waals surface area (Å²) >= 11 is 0. The SMILES string of the molecule is CCCCCCCCCCOc1ccc(C(=O)Oc2ccc(-c3cnn(C(c4ccccc4)(c4ccccc4)c4ccccc4)c3)cc2)cc1. The van der Waals surface area contributed by atoms with Crippen LogP contribution in [0.25, 0.3) is 11.1 Å². The number of hydrogen-bond acceptors (Lipinski definition) is 4. The van der Waals surface area contributed by atoms with Crippen LogP contribution in [0.1, 0.15) is 85.3 Å². The monoisotopic (exact) mass is 662 g/mol. The van der Waals surface area contributed by atoms with Crippen molar-refractivity contribution in [1.82, 2.24) is 9.78 Å². The molecule has 0 radical (unpaired) electrons. The molecule has 1 heterocycles. The van der Waals surface area contributed by atoms with Crippen LogP contribution in [0.5, 0.6) is 11.5 Å². The van der Waals surface area contributed by atoms with E-state index in [0.717, 1.165) is 40.0 Å². The number of nitrogens with zero attached hydrogens (tertiary/aromatic N) is 2. The Hall–Kier alpha value is -5.42. The fraction of sp³-hybridized carbons (Fsp3) is 0.244. The molecule has 254 valence electrons. The molecule has 0 saturated heterocycles. The van der Waals surface area contributed by atoms with Crippen molar-refractivity contribution < 1.29 is 14.3 Å². The Bertz CT molecular complexity index is 1790. The van der Waals surface area contributed by atoms with E-state index in [2.05, 4.69) is 90.6 Å². The highest BCUT2D eigenvalue weighted by atomic mass is 16.5. The Balaban J connectivity index is 1.12. The molecule has 1 aromatic heterocycles. The zero-order valence-electron chi connectivity index (χ0n) is 28.9. The number of esters is 1. The molecule has 0 N–H and O–H groups in total. The van der Waals surface area contributed by atoms with E-state index in [1.54, 1.807) is 12.1 Å². The lowest BCUT2D eigenvalue weighted by molar-refractivity contribution is 0.0734. The van der Waals surface area contributed by atoms with E-state index in [4.69, 9.17) is 14.6 Å². The Morgan fingerprint density at radius 1 is 0.580 bits per heavy atom. The molecule has 0 atom stereocenters. The van der Waals surface area contributed by atoms with Crippen LogP contribution in [-0.2, 0) is 5.54 Å². The number of carbonyl (C=O) groups excluding carboxylic acids is 1. The lowest BCUT2D eigenvalue weighted by Gasteiger charge is -2.36. The number of aromatic nitrogens is 2. The van der Waals surface area contributed by atoms with Gasteiger partial charge in [-0.25, -0.2) is 4.79 Å². The van der Waals surface area contributed by atoms with E-state index in [0.29, 0.717) is 17.9 Å². The summed E-state index contributed by atoms with van der Waals surface area (Å²) in [5, 5.41) is 4.98. The topological polar surface area (TPSA) is 53.4 Å². The predicted octanol–water partition coefficient (Wildman–Crippen LogP) is 11.1. The van der Waals surface area contributed by atoms with Crippen LogP contribution in [0.3, 0.4) is 0 Å². The van der Waals surface area contributed by atoms with Crippen LogP contribution in [-0.4, -0.2) is 22.4 Å². The summed E-state index contributed by atoms with van der Waals surface area (Å²) < 4.78 is 13.7. The first-order valence-electron chi connectivity index (χ1n) is 18.0. The van der Waals surface area contributed by atoms with Gasteiger partial charge in [0, 0.05) is 11.8 Å². The molecule has 0 aliphatic rings. The van der Waals surface area contributed by atoms with Crippen molar-refractivity contribution >= 4 is 5.97 Å². The van der Waals surface area contributed by atoms with Crippen LogP contribution in [0.15, 0.2) is 152 Å². The van der Waals surface area contributed by atoms with Crippen LogP contribution in [0, 0.1) is 0 Å². The zero-order valence-corrected chi connectivity index (χ0v) is 28.9. The first kappa shape index (κ1) is 34.4. The Kier molecular flexibility index (Phi) is 11.9. The van der Waals surface area contributed by atoms with Gasteiger partial charge >= 0.3 is 5.97 Å². The smallest absolute Gasteiger partial charge is 0.343 e. The molecule has 50 heavy (non-hydrogen) atoms. The summed E-state index contributed by atoms with van der Waals surface area (Å²) in [7, 11) is 0. The molecular weight excluding hydrogens is 617 g/mol. The van der Waals surface area contributed by atoms with Crippen molar-refractivity contribution in [2.24, 2.45) is 0 Å². The van der Waals surface area contributed by atoms with Gasteiger partial charge in [-0.15, -0.1) is 0 Å². The van der Waals surface area contributed by atoms with Crippen LogP contribution in [0.2, 0.25) is 0 Å². The quantitative estimate of drug-likeness (QED) is 0.0422. The molecule has 0 bridgehead atoms. The maximum Gasteiger partial charge on any atom is 0.343 e. The van der Waals surface area contributed by atoms with Crippen molar-refractivity contribution in [1.29, 1.82) is 0 Å². The highest BCUT2D eigenvalue weighted by Gasteiger charge is 2.39. The Labute approximate surface area is 296 Å². The van der Waals surface area contributed by atoms with Crippen molar-refractivity contribution in [2.45, 2.75) is 63.8 Å². The third kappa shape index (κ3) is 8.23. The molecule has 0 aliphatic carbocycles. The standard InChI is InChI=1S/C45H46N2O3/c1-2-3-4-5-6-7-8-18-33-49-42-29-27-37(28-30-42)44(48)50-43-31-25-36(26-32-43)38-34-46-47(35-38)45(39-19-12-9-13-20-39,40-21-14-10-15-22-40)41-23-16-11-17-24-41/h9-17,19-32,34-35H,2-8,18,33H2,1H3. The highest BCUT2D eigenvalue weighted by molar-refractivity contribution is 5.91. The van der Waals surface area contributed by atoms with Crippen molar-refractivity contribution in [3.8, 4) is 22.6 Å². The average Bonchev–Trinajstić information content (AvgIpc) is 3.67. The van der Waals surface area contributed by atoms with Gasteiger partial charge < -0.3 is 9.47 Å². The third-order valence-electron chi connectivity index (χ3n) is 9.26. The fourth-order valence-electron chi connectivity index (χ4n) is 6.58. The molecular formula is C45H46N2O3. The molecule has 0 fully saturated rings. The lowest BCUT2D eigenvalue weighted by Crippen LogP contribution is -2.38. The molecule has 6 aromatic rings. The summed E-state index contributed by atoms with van der Waals surface area (Å²) in [4.78, 5) is 12.9. The minimum Gasteiger partial charge on any atom is -0.494 e. The molecule has 0 aliphatic heterocycles. The second-order valence-corrected chi connectivity index (χ2v) is 12.7. The van der Waals surface area contributed by atoms with E-state index in [-0.39, 0.29) is 0 Å². The number of ether oxygens (including phenoxy) is 2. The molecule has 0 amide bonds. The number of benzene rings is 5. The van der Waals surface area contributed by atoms with Gasteiger partial charge in [-0.2, -0.15) is 5.10 Å². The maximum atomic E-state index is 12.9. The largest absolute Gasteiger partial charge is 0.494 e. The van der Waals surface area contributed by atoms with Gasteiger partial charge in [0.05, 0.1) is 18.4 Å². The van der Waals surface area contributed by atoms with Gasteiger partial charge in [0.1, 0.15) is 17.0 Å². The predicted molar refractivity (Wildman–Crippen MR) is 202 cm³/mol. The minimum absolute atomic E-state index is 0.404. The van der Waals surface area contributed by atoms with Gasteiger partial charge in [-0.05, 0) is 65.1 Å². The first-order valence-corrected chi connectivity index (χ1v) is 18.0. The molecule has 0 unspecified atom stereocenters. The van der Waals surface area contributed by atoms with E-state index in [1.807, 2.05) is 60.8 Å². The van der Waals surface area contributed by atoms with Crippen LogP contribution >= 0.6 is 0 Å². The average molecular weight is 663 g/mol. The highest BCUT2D eigenvalue weighted by Crippen LogP contribution is 2.41. The first-order chi connectivity index (χ1) is 24.7. The van der Waals surface area contributed by atoms with E-state index in [1.165, 1.54) is 44.9 Å². The van der Waals surface area contributed by atoms with Crippen LogP contribution in [0.4, 0.5) is 0 Å². The van der Waals surface area contributed by atoms with Crippen molar-refractivity contribution in [3.05, 3.63) is 174 Å². The third-order valence-corrected chi connectivity index (χ3v) is 9.26. The molecule has 5 nitrogen and oxygen atoms in total. The summed E-state index contributed by atoms with van der Waals surface area (Å²) in [5.74, 6) is 0.845. The molecule has 0 spiro atoms. The molecule has 0 saturated carbocycles. The van der Waals surface area contributed by atoms with Crippen LogP contribution < -0.4 is 9.47 Å². The van der Waals surface area contributed by atoms with Crippen molar-refractivity contribution in [3.63, 3.8) is 0 Å². The molecule has 5 aromatic carbocycles. The molecule has 6 rings (SSSR count). The summed E-state index contributed by atoms with van der Waals surface area (Å²) in [6.07, 6.45) is 14.1. The van der Waals surface area contributed by atoms with E-state index < -0.39 is 11.5 Å². The molecule has 5 heteroatoms. The normalized spacial score (nSPS) is 11.3. The number of unbranched alkanes of at least 4 members (excludes halogenated alkanes) is 7. The Morgan fingerprint density at radius 3 is 1.62 bits per heavy atom. The number of rotatable bonds is 17. The van der Waals surface area contributed by atoms with Gasteiger partial charge in [-0.1, -0.05) is 155 Å². The van der Waals surface area contributed by atoms with Gasteiger partial charge in [0.25, 0.3) is 0 Å².